The van der Waals surface area contributed by atoms with Crippen molar-refractivity contribution in [2.45, 2.75) is 32.2 Å². The molecule has 0 aromatic heterocycles. The van der Waals surface area contributed by atoms with Gasteiger partial charge in [0.1, 0.15) is 0 Å². The van der Waals surface area contributed by atoms with E-state index in [0.717, 1.165) is 0 Å². The highest BCUT2D eigenvalue weighted by atomic mass is 19.3. The molecule has 14 heavy (non-hydrogen) atoms. The molecule has 0 spiro atoms. The highest BCUT2D eigenvalue weighted by molar-refractivity contribution is 5.79. The minimum atomic E-state index is -2.72. The molecule has 1 aliphatic rings. The Morgan fingerprint density at radius 1 is 1.50 bits per heavy atom. The van der Waals surface area contributed by atoms with Crippen LogP contribution < -0.4 is 5.73 Å². The minimum absolute atomic E-state index is 0.142. The van der Waals surface area contributed by atoms with Gasteiger partial charge in [-0.05, 0) is 6.92 Å². The van der Waals surface area contributed by atoms with Gasteiger partial charge in [-0.2, -0.15) is 0 Å². The molecule has 2 N–H and O–H groups in total. The summed E-state index contributed by atoms with van der Waals surface area (Å²) in [5, 5.41) is 0. The van der Waals surface area contributed by atoms with E-state index in [4.69, 9.17) is 5.73 Å². The molecule has 1 rings (SSSR count). The number of carbonyl (C=O) groups is 1. The number of nitrogens with zero attached hydrogens (tertiary/aromatic N) is 1. The van der Waals surface area contributed by atoms with E-state index in [1.54, 1.807) is 13.8 Å². The summed E-state index contributed by atoms with van der Waals surface area (Å²) in [6.45, 7) is 3.06. The van der Waals surface area contributed by atoms with Crippen molar-refractivity contribution in [3.63, 3.8) is 0 Å². The van der Waals surface area contributed by atoms with Gasteiger partial charge < -0.3 is 10.6 Å². The molecular weight excluding hydrogens is 190 g/mol. The Morgan fingerprint density at radius 2 is 2.07 bits per heavy atom. The number of hydrogen-bond donors (Lipinski definition) is 1. The molecule has 0 bridgehead atoms. The molecule has 2 unspecified atom stereocenters. The summed E-state index contributed by atoms with van der Waals surface area (Å²) in [6.07, 6.45) is -0.232. The number of halogens is 2. The predicted octanol–water partition coefficient (Wildman–Crippen LogP) is 0.837. The Kier molecular flexibility index (Phi) is 3.09. The molecule has 1 aliphatic heterocycles. The molecule has 0 radical (unpaired) electrons. The first kappa shape index (κ1) is 11.4. The molecule has 0 aromatic rings. The van der Waals surface area contributed by atoms with E-state index in [1.807, 2.05) is 0 Å². The first-order valence-electron chi connectivity index (χ1n) is 4.76. The molecular formula is C9H16F2N2O. The van der Waals surface area contributed by atoms with Gasteiger partial charge in [-0.15, -0.1) is 0 Å². The van der Waals surface area contributed by atoms with Crippen molar-refractivity contribution >= 4 is 5.91 Å². The van der Waals surface area contributed by atoms with E-state index in [2.05, 4.69) is 0 Å². The van der Waals surface area contributed by atoms with Crippen LogP contribution in [0.25, 0.3) is 0 Å². The quantitative estimate of drug-likeness (QED) is 0.727. The fraction of sp³-hybridized carbons (Fsp3) is 0.889. The first-order valence-corrected chi connectivity index (χ1v) is 4.76. The Hall–Kier alpha value is -0.710. The second kappa shape index (κ2) is 3.81. The van der Waals surface area contributed by atoms with E-state index in [-0.39, 0.29) is 30.8 Å². The maximum atomic E-state index is 12.8. The van der Waals surface area contributed by atoms with E-state index in [1.165, 1.54) is 4.90 Å². The third-order valence-corrected chi connectivity index (χ3v) is 2.66. The van der Waals surface area contributed by atoms with Gasteiger partial charge in [0.2, 0.25) is 5.91 Å². The van der Waals surface area contributed by atoms with Crippen LogP contribution in [0.1, 0.15) is 20.3 Å². The Balaban J connectivity index is 2.56. The number of alkyl halides is 2. The van der Waals surface area contributed by atoms with Crippen LogP contribution in [0.5, 0.6) is 0 Å². The van der Waals surface area contributed by atoms with Crippen molar-refractivity contribution in [2.75, 3.05) is 13.1 Å². The van der Waals surface area contributed by atoms with Crippen molar-refractivity contribution < 1.29 is 13.6 Å². The standard InChI is InChI=1S/C9H16F2N2O/c1-6(7(2)12)8(14)13-4-3-9(10,11)5-13/h6-7H,3-5,12H2,1-2H3. The van der Waals surface area contributed by atoms with Crippen LogP contribution in [-0.2, 0) is 4.79 Å². The molecule has 1 heterocycles. The van der Waals surface area contributed by atoms with Gasteiger partial charge in [0.05, 0.1) is 12.5 Å². The summed E-state index contributed by atoms with van der Waals surface area (Å²) < 4.78 is 25.6. The molecule has 1 fully saturated rings. The Bertz CT molecular complexity index is 231. The molecule has 0 aromatic carbocycles. The summed E-state index contributed by atoms with van der Waals surface area (Å²) in [7, 11) is 0. The monoisotopic (exact) mass is 206 g/mol. The van der Waals surface area contributed by atoms with Crippen LogP contribution >= 0.6 is 0 Å². The molecule has 82 valence electrons. The average molecular weight is 206 g/mol. The third kappa shape index (κ3) is 2.41. The van der Waals surface area contributed by atoms with Gasteiger partial charge in [-0.3, -0.25) is 4.79 Å². The van der Waals surface area contributed by atoms with E-state index < -0.39 is 12.5 Å². The van der Waals surface area contributed by atoms with Crippen LogP contribution in [0.15, 0.2) is 0 Å². The summed E-state index contributed by atoms with van der Waals surface area (Å²) in [5.41, 5.74) is 5.54. The molecule has 5 heteroatoms. The van der Waals surface area contributed by atoms with Crippen molar-refractivity contribution in [3.8, 4) is 0 Å². The van der Waals surface area contributed by atoms with Crippen molar-refractivity contribution in [1.29, 1.82) is 0 Å². The van der Waals surface area contributed by atoms with Crippen molar-refractivity contribution in [1.82, 2.24) is 4.90 Å². The van der Waals surface area contributed by atoms with Crippen LogP contribution in [0.2, 0.25) is 0 Å². The lowest BCUT2D eigenvalue weighted by Gasteiger charge is -2.22. The van der Waals surface area contributed by atoms with Gasteiger partial charge in [0.25, 0.3) is 5.92 Å². The second-order valence-electron chi connectivity index (χ2n) is 4.01. The third-order valence-electron chi connectivity index (χ3n) is 2.66. The predicted molar refractivity (Wildman–Crippen MR) is 49.0 cm³/mol. The van der Waals surface area contributed by atoms with Gasteiger partial charge in [0.15, 0.2) is 0 Å². The smallest absolute Gasteiger partial charge is 0.267 e. The summed E-state index contributed by atoms with van der Waals surface area (Å²) in [6, 6.07) is -0.295. The Labute approximate surface area is 82.2 Å². The van der Waals surface area contributed by atoms with Crippen LogP contribution in [0.4, 0.5) is 8.78 Å². The SMILES string of the molecule is CC(N)C(C)C(=O)N1CCC(F)(F)C1. The number of nitrogens with two attached hydrogens (primary N) is 1. The van der Waals surface area contributed by atoms with E-state index >= 15 is 0 Å². The normalized spacial score (nSPS) is 24.8. The largest absolute Gasteiger partial charge is 0.336 e. The zero-order chi connectivity index (χ0) is 10.9. The molecule has 0 saturated carbocycles. The number of hydrogen-bond acceptors (Lipinski definition) is 2. The highest BCUT2D eigenvalue weighted by Gasteiger charge is 2.41. The van der Waals surface area contributed by atoms with Gasteiger partial charge in [-0.25, -0.2) is 8.78 Å². The zero-order valence-electron chi connectivity index (χ0n) is 8.46. The fourth-order valence-electron chi connectivity index (χ4n) is 1.44. The average Bonchev–Trinajstić information content (AvgIpc) is 2.43. The molecule has 1 saturated heterocycles. The minimum Gasteiger partial charge on any atom is -0.336 e. The fourth-order valence-corrected chi connectivity index (χ4v) is 1.44. The van der Waals surface area contributed by atoms with Crippen LogP contribution in [0, 0.1) is 5.92 Å². The van der Waals surface area contributed by atoms with E-state index in [0.29, 0.717) is 0 Å². The molecule has 3 nitrogen and oxygen atoms in total. The first-order chi connectivity index (χ1) is 6.33. The summed E-state index contributed by atoms with van der Waals surface area (Å²) in [4.78, 5) is 12.8. The zero-order valence-corrected chi connectivity index (χ0v) is 8.46. The highest BCUT2D eigenvalue weighted by Crippen LogP contribution is 2.27. The van der Waals surface area contributed by atoms with Crippen molar-refractivity contribution in [3.05, 3.63) is 0 Å². The van der Waals surface area contributed by atoms with E-state index in [9.17, 15) is 13.6 Å². The number of likely N-dealkylation sites (tertiary alicyclic amines) is 1. The van der Waals surface area contributed by atoms with Gasteiger partial charge in [0, 0.05) is 19.0 Å². The lowest BCUT2D eigenvalue weighted by molar-refractivity contribution is -0.135. The number of rotatable bonds is 2. The van der Waals surface area contributed by atoms with Crippen LogP contribution in [-0.4, -0.2) is 35.9 Å². The topological polar surface area (TPSA) is 46.3 Å². The Morgan fingerprint density at radius 3 is 2.43 bits per heavy atom. The lowest BCUT2D eigenvalue weighted by atomic mass is 10.0. The molecule has 0 aliphatic carbocycles. The molecule has 1 amide bonds. The van der Waals surface area contributed by atoms with Crippen molar-refractivity contribution in [2.24, 2.45) is 11.7 Å². The number of amides is 1. The molecule has 2 atom stereocenters. The summed E-state index contributed by atoms with van der Waals surface area (Å²) in [5.74, 6) is -3.37. The summed E-state index contributed by atoms with van der Waals surface area (Å²) >= 11 is 0. The van der Waals surface area contributed by atoms with Crippen LogP contribution in [0.3, 0.4) is 0 Å². The maximum Gasteiger partial charge on any atom is 0.267 e. The number of carbonyl (C=O) groups excluding carboxylic acids is 1. The lowest BCUT2D eigenvalue weighted by Crippen LogP contribution is -2.41. The maximum absolute atomic E-state index is 12.8. The second-order valence-corrected chi connectivity index (χ2v) is 4.01. The van der Waals surface area contributed by atoms with Gasteiger partial charge in [-0.1, -0.05) is 6.92 Å². The van der Waals surface area contributed by atoms with Gasteiger partial charge >= 0.3 is 0 Å².